The van der Waals surface area contributed by atoms with E-state index in [0.29, 0.717) is 25.7 Å². The lowest BCUT2D eigenvalue weighted by atomic mass is 10.0. The second-order valence-electron chi connectivity index (χ2n) is 31.5. The van der Waals surface area contributed by atoms with Crippen molar-refractivity contribution in [2.75, 3.05) is 39.6 Å². The molecule has 3 N–H and O–H groups in total. The van der Waals surface area contributed by atoms with E-state index in [1.54, 1.807) is 0 Å². The number of hydrogen-bond acceptors (Lipinski definition) is 15. The predicted octanol–water partition coefficient (Wildman–Crippen LogP) is 25.8. The van der Waals surface area contributed by atoms with E-state index in [2.05, 4.69) is 41.5 Å². The molecular formula is C85H166O17P2. The number of phosphoric ester groups is 2. The molecule has 0 aromatic heterocycles. The van der Waals surface area contributed by atoms with E-state index in [-0.39, 0.29) is 25.7 Å². The standard InChI is InChI=1S/C85H166O17P2/c1-7-9-11-13-15-17-18-19-20-21-22-23-24-25-26-27-34-39-45-51-57-63-69-84(89)102-81(74-96-83(88)68-62-56-50-44-38-33-29-28-31-36-42-47-53-59-65-77(3)4)76-100-104(93,94)98-72-79(86)71-97-103(91,92)99-75-80(73-95-82(87)67-61-55-49-41-16-14-12-10-8-2)101-85(90)70-64-58-52-46-40-35-30-32-37-43-48-54-60-66-78(5)6/h77-81,86H,7-76H2,1-6H3,(H,91,92)(H,93,94)/t79-,80+,81+/m0/s1. The van der Waals surface area contributed by atoms with Crippen molar-refractivity contribution in [1.29, 1.82) is 0 Å². The Morgan fingerprint density at radius 1 is 0.260 bits per heavy atom. The minimum Gasteiger partial charge on any atom is -0.462 e. The van der Waals surface area contributed by atoms with E-state index in [1.165, 1.54) is 270 Å². The van der Waals surface area contributed by atoms with Gasteiger partial charge in [-0.3, -0.25) is 37.3 Å². The summed E-state index contributed by atoms with van der Waals surface area (Å²) >= 11 is 0. The average molecular weight is 1520 g/mol. The van der Waals surface area contributed by atoms with Crippen molar-refractivity contribution in [1.82, 2.24) is 0 Å². The molecule has 0 saturated heterocycles. The van der Waals surface area contributed by atoms with Crippen LogP contribution in [0.2, 0.25) is 0 Å². The van der Waals surface area contributed by atoms with Crippen molar-refractivity contribution in [3.05, 3.63) is 0 Å². The number of esters is 4. The fourth-order valence-electron chi connectivity index (χ4n) is 13.2. The maximum atomic E-state index is 13.1. The molecule has 0 aliphatic rings. The Balaban J connectivity index is 5.20. The number of phosphoric acid groups is 2. The van der Waals surface area contributed by atoms with E-state index < -0.39 is 97.5 Å². The van der Waals surface area contributed by atoms with E-state index in [0.717, 1.165) is 102 Å². The first-order valence-electron chi connectivity index (χ1n) is 44.0. The van der Waals surface area contributed by atoms with Crippen molar-refractivity contribution in [3.63, 3.8) is 0 Å². The molecule has 5 atom stereocenters. The van der Waals surface area contributed by atoms with Gasteiger partial charge in [0.05, 0.1) is 26.4 Å². The molecule has 0 radical (unpaired) electrons. The number of ether oxygens (including phenoxy) is 4. The van der Waals surface area contributed by atoms with Crippen LogP contribution in [-0.2, 0) is 65.4 Å². The van der Waals surface area contributed by atoms with Crippen LogP contribution >= 0.6 is 15.6 Å². The Kier molecular flexibility index (Phi) is 75.0. The van der Waals surface area contributed by atoms with Crippen molar-refractivity contribution < 1.29 is 80.2 Å². The zero-order valence-electron chi connectivity index (χ0n) is 68.3. The summed E-state index contributed by atoms with van der Waals surface area (Å²) in [6.07, 6.45) is 68.1. The molecule has 2 unspecified atom stereocenters. The van der Waals surface area contributed by atoms with Gasteiger partial charge in [-0.2, -0.15) is 0 Å². The lowest BCUT2D eigenvalue weighted by Crippen LogP contribution is -2.30. The molecule has 0 rings (SSSR count). The largest absolute Gasteiger partial charge is 0.472 e. The fourth-order valence-corrected chi connectivity index (χ4v) is 14.8. The summed E-state index contributed by atoms with van der Waals surface area (Å²) in [6.45, 7) is 9.68. The third-order valence-corrected chi connectivity index (χ3v) is 21.9. The molecule has 0 aromatic carbocycles. The van der Waals surface area contributed by atoms with Gasteiger partial charge in [0, 0.05) is 25.7 Å². The van der Waals surface area contributed by atoms with Crippen molar-refractivity contribution >= 4 is 39.5 Å². The summed E-state index contributed by atoms with van der Waals surface area (Å²) in [5.41, 5.74) is 0. The fraction of sp³-hybridized carbons (Fsp3) is 0.953. The smallest absolute Gasteiger partial charge is 0.462 e. The van der Waals surface area contributed by atoms with Gasteiger partial charge in [0.2, 0.25) is 0 Å². The number of unbranched alkanes of at least 4 members (excludes halogenated alkanes) is 54. The monoisotopic (exact) mass is 1520 g/mol. The number of hydrogen-bond donors (Lipinski definition) is 3. The summed E-state index contributed by atoms with van der Waals surface area (Å²) in [5, 5.41) is 10.7. The van der Waals surface area contributed by atoms with Gasteiger partial charge in [0.15, 0.2) is 12.2 Å². The quantitative estimate of drug-likeness (QED) is 0.0222. The topological polar surface area (TPSA) is 237 Å². The lowest BCUT2D eigenvalue weighted by molar-refractivity contribution is -0.161. The van der Waals surface area contributed by atoms with Crippen LogP contribution in [0.25, 0.3) is 0 Å². The summed E-state index contributed by atoms with van der Waals surface area (Å²) in [4.78, 5) is 73.1. The number of carbonyl (C=O) groups excluding carboxylic acids is 4. The molecule has 0 amide bonds. The van der Waals surface area contributed by atoms with Crippen LogP contribution in [-0.4, -0.2) is 96.7 Å². The highest BCUT2D eigenvalue weighted by Gasteiger charge is 2.30. The summed E-state index contributed by atoms with van der Waals surface area (Å²) < 4.78 is 68.8. The molecule has 618 valence electrons. The third kappa shape index (κ3) is 78.2. The predicted molar refractivity (Wildman–Crippen MR) is 428 cm³/mol. The summed E-state index contributed by atoms with van der Waals surface area (Å²) in [5.74, 6) is -0.519. The first-order chi connectivity index (χ1) is 50.4. The Hall–Kier alpha value is -1.94. The van der Waals surface area contributed by atoms with Crippen LogP contribution < -0.4 is 0 Å². The molecule has 0 saturated carbocycles. The highest BCUT2D eigenvalue weighted by molar-refractivity contribution is 7.47. The Morgan fingerprint density at radius 3 is 0.654 bits per heavy atom. The van der Waals surface area contributed by atoms with E-state index in [1.807, 2.05) is 0 Å². The van der Waals surface area contributed by atoms with Crippen LogP contribution in [0.1, 0.15) is 452 Å². The number of aliphatic hydroxyl groups is 1. The second-order valence-corrected chi connectivity index (χ2v) is 34.4. The van der Waals surface area contributed by atoms with Gasteiger partial charge in [-0.15, -0.1) is 0 Å². The van der Waals surface area contributed by atoms with Gasteiger partial charge in [0.25, 0.3) is 0 Å². The SMILES string of the molecule is CCCCCCCCCCCCCCCCCCCCCCCCC(=O)O[C@H](COC(=O)CCCCCCCCCCCCCCCCC(C)C)COP(=O)(O)OC[C@@H](O)COP(=O)(O)OC[C@@H](COC(=O)CCCCCCCCCCC)OC(=O)CCCCCCCCCCCCCCCC(C)C. The average Bonchev–Trinajstić information content (AvgIpc) is 0.910. The second kappa shape index (κ2) is 76.4. The number of carbonyl (C=O) groups is 4. The Labute approximate surface area is 638 Å². The van der Waals surface area contributed by atoms with E-state index in [9.17, 15) is 43.2 Å². The van der Waals surface area contributed by atoms with Crippen LogP contribution in [0.3, 0.4) is 0 Å². The molecule has 0 heterocycles. The maximum Gasteiger partial charge on any atom is 0.472 e. The Bertz CT molecular complexity index is 1990. The van der Waals surface area contributed by atoms with Crippen LogP contribution in [0, 0.1) is 11.8 Å². The van der Waals surface area contributed by atoms with E-state index >= 15 is 0 Å². The highest BCUT2D eigenvalue weighted by atomic mass is 31.2. The molecule has 104 heavy (non-hydrogen) atoms. The van der Waals surface area contributed by atoms with Gasteiger partial charge in [-0.1, -0.05) is 401 Å². The third-order valence-electron chi connectivity index (χ3n) is 20.0. The minimum atomic E-state index is -4.96. The van der Waals surface area contributed by atoms with Crippen LogP contribution in [0.4, 0.5) is 0 Å². The molecule has 0 fully saturated rings. The zero-order chi connectivity index (χ0) is 76.4. The molecule has 17 nitrogen and oxygen atoms in total. The maximum absolute atomic E-state index is 13.1. The molecule has 0 bridgehead atoms. The van der Waals surface area contributed by atoms with E-state index in [4.69, 9.17) is 37.0 Å². The minimum absolute atomic E-state index is 0.107. The summed E-state index contributed by atoms with van der Waals surface area (Å²) in [7, 11) is -9.92. The first-order valence-corrected chi connectivity index (χ1v) is 47.0. The highest BCUT2D eigenvalue weighted by Crippen LogP contribution is 2.45. The molecule has 0 aliphatic heterocycles. The zero-order valence-corrected chi connectivity index (χ0v) is 70.1. The molecular weight excluding hydrogens is 1350 g/mol. The first kappa shape index (κ1) is 102. The van der Waals surface area contributed by atoms with Crippen LogP contribution in [0.15, 0.2) is 0 Å². The van der Waals surface area contributed by atoms with Crippen molar-refractivity contribution in [2.24, 2.45) is 11.8 Å². The molecule has 0 aliphatic carbocycles. The van der Waals surface area contributed by atoms with Gasteiger partial charge in [-0.25, -0.2) is 9.13 Å². The van der Waals surface area contributed by atoms with Gasteiger partial charge < -0.3 is 33.8 Å². The van der Waals surface area contributed by atoms with Gasteiger partial charge in [0.1, 0.15) is 19.3 Å². The molecule has 0 spiro atoms. The molecule has 0 aromatic rings. The summed E-state index contributed by atoms with van der Waals surface area (Å²) in [6, 6.07) is 0. The van der Waals surface area contributed by atoms with Crippen molar-refractivity contribution in [3.8, 4) is 0 Å². The Morgan fingerprint density at radius 2 is 0.442 bits per heavy atom. The van der Waals surface area contributed by atoms with Gasteiger partial charge >= 0.3 is 39.5 Å². The van der Waals surface area contributed by atoms with Crippen molar-refractivity contribution in [2.45, 2.75) is 471 Å². The lowest BCUT2D eigenvalue weighted by Gasteiger charge is -2.21. The number of aliphatic hydroxyl groups excluding tert-OH is 1. The number of rotatable bonds is 84. The van der Waals surface area contributed by atoms with Gasteiger partial charge in [-0.05, 0) is 37.5 Å². The van der Waals surface area contributed by atoms with Crippen LogP contribution in [0.5, 0.6) is 0 Å². The molecule has 19 heteroatoms. The normalized spacial score (nSPS) is 13.8.